The van der Waals surface area contributed by atoms with E-state index in [4.69, 9.17) is 0 Å². The first kappa shape index (κ1) is 12.8. The first-order valence-electron chi connectivity index (χ1n) is 5.80. The van der Waals surface area contributed by atoms with Crippen molar-refractivity contribution >= 4 is 11.3 Å². The molecule has 2 aromatic rings. The highest BCUT2D eigenvalue weighted by atomic mass is 32.1. The number of thiophene rings is 1. The molecule has 0 amide bonds. The summed E-state index contributed by atoms with van der Waals surface area (Å²) in [5.41, 5.74) is 0.944. The molecule has 0 bridgehead atoms. The molecule has 0 aromatic carbocycles. The molecule has 0 aliphatic heterocycles. The van der Waals surface area contributed by atoms with E-state index in [9.17, 15) is 9.90 Å². The highest BCUT2D eigenvalue weighted by molar-refractivity contribution is 7.12. The van der Waals surface area contributed by atoms with Crippen LogP contribution in [-0.2, 0) is 0 Å². The topological polar surface area (TPSA) is 66.0 Å². The molecule has 2 N–H and O–H groups in total. The molecule has 2 rings (SSSR count). The molecule has 0 radical (unpaired) electrons. The van der Waals surface area contributed by atoms with Crippen LogP contribution in [0.5, 0.6) is 5.88 Å². The number of nitrogens with zero attached hydrogens (tertiary/aromatic N) is 1. The van der Waals surface area contributed by atoms with Crippen molar-refractivity contribution in [1.29, 1.82) is 0 Å². The van der Waals surface area contributed by atoms with Crippen LogP contribution in [0.15, 0.2) is 10.9 Å². The molecule has 0 aliphatic rings. The minimum atomic E-state index is -0.268. The summed E-state index contributed by atoms with van der Waals surface area (Å²) in [7, 11) is 0. The van der Waals surface area contributed by atoms with Crippen LogP contribution in [0.3, 0.4) is 0 Å². The van der Waals surface area contributed by atoms with Crippen LogP contribution >= 0.6 is 11.3 Å². The Bertz CT molecular complexity index is 641. The van der Waals surface area contributed by atoms with Gasteiger partial charge < -0.3 is 10.1 Å². The Morgan fingerprint density at radius 3 is 2.50 bits per heavy atom. The van der Waals surface area contributed by atoms with E-state index in [1.54, 1.807) is 11.3 Å². The molecule has 4 nitrogen and oxygen atoms in total. The summed E-state index contributed by atoms with van der Waals surface area (Å²) in [6, 6.07) is 1.97. The molecule has 96 valence electrons. The van der Waals surface area contributed by atoms with Crippen LogP contribution < -0.4 is 5.56 Å². The lowest BCUT2D eigenvalue weighted by atomic mass is 10.1. The average Bonchev–Trinajstić information content (AvgIpc) is 2.56. The van der Waals surface area contributed by atoms with Crippen LogP contribution in [0.4, 0.5) is 0 Å². The van der Waals surface area contributed by atoms with Gasteiger partial charge in [0.25, 0.3) is 5.56 Å². The first-order valence-corrected chi connectivity index (χ1v) is 6.62. The van der Waals surface area contributed by atoms with Gasteiger partial charge in [-0.3, -0.25) is 4.79 Å². The van der Waals surface area contributed by atoms with E-state index in [1.165, 1.54) is 0 Å². The Kier molecular flexibility index (Phi) is 3.26. The third kappa shape index (κ3) is 2.18. The fraction of sp³-hybridized carbons (Fsp3) is 0.385. The number of aromatic hydroxyl groups is 1. The summed E-state index contributed by atoms with van der Waals surface area (Å²) in [6.45, 7) is 7.68. The fourth-order valence-electron chi connectivity index (χ4n) is 1.98. The van der Waals surface area contributed by atoms with Gasteiger partial charge in [0, 0.05) is 15.3 Å². The minimum Gasteiger partial charge on any atom is -0.493 e. The lowest BCUT2D eigenvalue weighted by Gasteiger charge is -2.08. The molecule has 0 saturated heterocycles. The van der Waals surface area contributed by atoms with Crippen molar-refractivity contribution in [2.45, 2.75) is 33.6 Å². The van der Waals surface area contributed by atoms with Gasteiger partial charge in [-0.15, -0.1) is 11.3 Å². The molecule has 2 heterocycles. The number of hydrogen-bond acceptors (Lipinski definition) is 4. The number of rotatable bonds is 2. The lowest BCUT2D eigenvalue weighted by Crippen LogP contribution is -2.16. The van der Waals surface area contributed by atoms with E-state index in [1.807, 2.05) is 33.8 Å². The third-order valence-corrected chi connectivity index (χ3v) is 3.77. The van der Waals surface area contributed by atoms with E-state index >= 15 is 0 Å². The maximum Gasteiger partial charge on any atom is 0.258 e. The Morgan fingerprint density at radius 1 is 1.39 bits per heavy atom. The van der Waals surface area contributed by atoms with E-state index in [0.717, 1.165) is 15.3 Å². The summed E-state index contributed by atoms with van der Waals surface area (Å²) < 4.78 is 0. The quantitative estimate of drug-likeness (QED) is 0.876. The van der Waals surface area contributed by atoms with Crippen molar-refractivity contribution in [2.24, 2.45) is 0 Å². The van der Waals surface area contributed by atoms with Gasteiger partial charge in [-0.25, -0.2) is 0 Å². The SMILES string of the molecule is Cc1cc(-c2nc(O)c(C(C)C)c(=O)[nH]2)c(C)s1. The Morgan fingerprint density at radius 2 is 2.06 bits per heavy atom. The molecule has 0 spiro atoms. The molecule has 2 aromatic heterocycles. The van der Waals surface area contributed by atoms with Gasteiger partial charge in [0.15, 0.2) is 0 Å². The largest absolute Gasteiger partial charge is 0.493 e. The van der Waals surface area contributed by atoms with Crippen molar-refractivity contribution in [2.75, 3.05) is 0 Å². The Hall–Kier alpha value is -1.62. The average molecular weight is 264 g/mol. The van der Waals surface area contributed by atoms with Gasteiger partial charge in [0.1, 0.15) is 5.82 Å². The van der Waals surface area contributed by atoms with E-state index < -0.39 is 0 Å². The van der Waals surface area contributed by atoms with Crippen molar-refractivity contribution in [3.63, 3.8) is 0 Å². The van der Waals surface area contributed by atoms with Crippen LogP contribution in [0, 0.1) is 13.8 Å². The van der Waals surface area contributed by atoms with Gasteiger partial charge >= 0.3 is 0 Å². The molecule has 0 saturated carbocycles. The molecular formula is C13H16N2O2S. The van der Waals surface area contributed by atoms with E-state index in [-0.39, 0.29) is 17.4 Å². The summed E-state index contributed by atoms with van der Waals surface area (Å²) in [5, 5.41) is 9.87. The zero-order valence-corrected chi connectivity index (χ0v) is 11.7. The van der Waals surface area contributed by atoms with E-state index in [2.05, 4.69) is 9.97 Å². The molecular weight excluding hydrogens is 248 g/mol. The fourth-order valence-corrected chi connectivity index (χ4v) is 2.91. The van der Waals surface area contributed by atoms with Gasteiger partial charge in [-0.1, -0.05) is 13.8 Å². The summed E-state index contributed by atoms with van der Waals surface area (Å²) in [4.78, 5) is 21.0. The van der Waals surface area contributed by atoms with Crippen LogP contribution in [-0.4, -0.2) is 15.1 Å². The van der Waals surface area contributed by atoms with Crippen molar-refractivity contribution < 1.29 is 5.11 Å². The normalized spacial score (nSPS) is 11.2. The minimum absolute atomic E-state index is 0.0550. The van der Waals surface area contributed by atoms with Crippen LogP contribution in [0.1, 0.15) is 35.1 Å². The molecule has 18 heavy (non-hydrogen) atoms. The second-order valence-electron chi connectivity index (χ2n) is 4.63. The third-order valence-electron chi connectivity index (χ3n) is 2.81. The maximum absolute atomic E-state index is 11.9. The second kappa shape index (κ2) is 4.57. The zero-order valence-electron chi connectivity index (χ0n) is 10.9. The summed E-state index contributed by atoms with van der Waals surface area (Å²) in [5.74, 6) is 0.205. The summed E-state index contributed by atoms with van der Waals surface area (Å²) in [6.07, 6.45) is 0. The maximum atomic E-state index is 11.9. The predicted octanol–water partition coefficient (Wildman–Crippen LogP) is 2.94. The number of aryl methyl sites for hydroxylation is 2. The molecule has 0 fully saturated rings. The van der Waals surface area contributed by atoms with Crippen LogP contribution in [0.2, 0.25) is 0 Å². The van der Waals surface area contributed by atoms with Crippen LogP contribution in [0.25, 0.3) is 11.4 Å². The molecule has 5 heteroatoms. The predicted molar refractivity (Wildman–Crippen MR) is 73.4 cm³/mol. The van der Waals surface area contributed by atoms with Gasteiger partial charge in [-0.05, 0) is 25.8 Å². The van der Waals surface area contributed by atoms with Gasteiger partial charge in [0.2, 0.25) is 5.88 Å². The molecule has 0 aliphatic carbocycles. The smallest absolute Gasteiger partial charge is 0.258 e. The van der Waals surface area contributed by atoms with Crippen molar-refractivity contribution in [3.05, 3.63) is 31.7 Å². The molecule has 0 atom stereocenters. The Balaban J connectivity index is 2.62. The van der Waals surface area contributed by atoms with Gasteiger partial charge in [0.05, 0.1) is 5.56 Å². The number of aromatic amines is 1. The highest BCUT2D eigenvalue weighted by Crippen LogP contribution is 2.29. The number of aromatic nitrogens is 2. The van der Waals surface area contributed by atoms with E-state index in [0.29, 0.717) is 11.4 Å². The number of hydrogen-bond donors (Lipinski definition) is 2. The zero-order chi connectivity index (χ0) is 13.4. The Labute approximate surface area is 109 Å². The molecule has 0 unspecified atom stereocenters. The number of nitrogens with one attached hydrogen (secondary N) is 1. The van der Waals surface area contributed by atoms with Crippen molar-refractivity contribution in [3.8, 4) is 17.3 Å². The first-order chi connectivity index (χ1) is 8.40. The van der Waals surface area contributed by atoms with Gasteiger partial charge in [-0.2, -0.15) is 4.98 Å². The highest BCUT2D eigenvalue weighted by Gasteiger charge is 2.16. The monoisotopic (exact) mass is 264 g/mol. The second-order valence-corrected chi connectivity index (χ2v) is 6.09. The number of H-pyrrole nitrogens is 1. The lowest BCUT2D eigenvalue weighted by molar-refractivity contribution is 0.440. The van der Waals surface area contributed by atoms with Crippen molar-refractivity contribution in [1.82, 2.24) is 9.97 Å². The summed E-state index contributed by atoms with van der Waals surface area (Å²) >= 11 is 1.64. The standard InChI is InChI=1S/C13H16N2O2S/c1-6(2)10-12(16)14-11(15-13(10)17)9-5-7(3)18-8(9)4/h5-6H,1-4H3,(H2,14,15,16,17).